The third-order valence-electron chi connectivity index (χ3n) is 6.57. The number of hydrogen-bond acceptors (Lipinski definition) is 0. The van der Waals surface area contributed by atoms with Crippen molar-refractivity contribution >= 4 is 44.1 Å². The zero-order chi connectivity index (χ0) is 24.7. The van der Waals surface area contributed by atoms with E-state index in [1.54, 1.807) is 46.5 Å². The fourth-order valence-corrected chi connectivity index (χ4v) is 4.65. The van der Waals surface area contributed by atoms with Crippen LogP contribution in [0.5, 0.6) is 0 Å². The summed E-state index contributed by atoms with van der Waals surface area (Å²) in [6.45, 7) is 0. The minimum absolute atomic E-state index is 0.409. The van der Waals surface area contributed by atoms with E-state index in [2.05, 4.69) is 0 Å². The van der Waals surface area contributed by atoms with Gasteiger partial charge in [-0.15, -0.1) is 0 Å². The lowest BCUT2D eigenvalue weighted by Gasteiger charge is -2.22. The van der Waals surface area contributed by atoms with Crippen LogP contribution in [0.25, 0.3) is 44.1 Å². The third kappa shape index (κ3) is 3.15. The normalized spacial score (nSPS) is 13.0. The molecular weight excluding hydrogens is 458 g/mol. The summed E-state index contributed by atoms with van der Waals surface area (Å²) in [5, 5.41) is 0. The number of aryl methyl sites for hydroxylation is 4. The Morgan fingerprint density at radius 2 is 0.676 bits per heavy atom. The van der Waals surface area contributed by atoms with Crippen LogP contribution in [-0.4, -0.2) is 18.3 Å². The van der Waals surface area contributed by atoms with Crippen molar-refractivity contribution in [2.24, 2.45) is 28.2 Å². The molecule has 0 saturated carbocycles. The average molecular weight is 478 g/mol. The Balaban J connectivity index is 1.92. The van der Waals surface area contributed by atoms with E-state index in [0.29, 0.717) is 33.1 Å². The zero-order valence-electron chi connectivity index (χ0n) is 18.7. The summed E-state index contributed by atoms with van der Waals surface area (Å²) in [5.41, 5.74) is 3.35. The van der Waals surface area contributed by atoms with E-state index < -0.39 is 23.5 Å². The van der Waals surface area contributed by atoms with Crippen molar-refractivity contribution in [2.75, 3.05) is 0 Å². The Morgan fingerprint density at radius 3 is 0.971 bits per heavy atom. The zero-order valence-corrected chi connectivity index (χ0v) is 18.7. The molecule has 2 heterocycles. The van der Waals surface area contributed by atoms with Gasteiger partial charge < -0.3 is 18.3 Å². The summed E-state index contributed by atoms with van der Waals surface area (Å²) in [6.07, 6.45) is -8.93. The second-order valence-electron chi connectivity index (χ2n) is 8.47. The lowest BCUT2D eigenvalue weighted by atomic mass is 10.1. The summed E-state index contributed by atoms with van der Waals surface area (Å²) < 4.78 is 86.9. The van der Waals surface area contributed by atoms with E-state index in [1.807, 2.05) is 12.1 Å². The standard InChI is InChI=1S/C24H20F6N4/c1-31-15-7-5-13(23(25,26)27)9-17(15)33(3)21-12-20-22(11-19(21)31)34(4)18-10-14(24(28,29)30)6-8-16(18)32(20)2/h5-12H,1-4H3. The molecule has 5 aromatic rings. The number of alkyl halides is 6. The Bertz CT molecular complexity index is 1540. The van der Waals surface area contributed by atoms with Crippen LogP contribution in [-0.2, 0) is 40.5 Å². The van der Waals surface area contributed by atoms with Gasteiger partial charge >= 0.3 is 12.4 Å². The van der Waals surface area contributed by atoms with Crippen molar-refractivity contribution in [3.05, 3.63) is 59.7 Å². The Kier molecular flexibility index (Phi) is 4.56. The molecule has 0 spiro atoms. The number of fused-ring (bicyclic) bond motifs is 4. The van der Waals surface area contributed by atoms with Crippen molar-refractivity contribution < 1.29 is 26.3 Å². The Morgan fingerprint density at radius 1 is 0.412 bits per heavy atom. The molecule has 0 radical (unpaired) electrons. The molecule has 0 atom stereocenters. The molecule has 0 N–H and O–H groups in total. The summed E-state index contributed by atoms with van der Waals surface area (Å²) in [5.74, 6) is 0. The highest BCUT2D eigenvalue weighted by molar-refractivity contribution is 5.99. The number of nitrogens with zero attached hydrogens (tertiary/aromatic N) is 4. The molecule has 2 aromatic heterocycles. The minimum atomic E-state index is -4.47. The maximum Gasteiger partial charge on any atom is 0.416 e. The van der Waals surface area contributed by atoms with E-state index in [4.69, 9.17) is 0 Å². The van der Waals surface area contributed by atoms with Gasteiger partial charge in [0.1, 0.15) is 0 Å². The monoisotopic (exact) mass is 478 g/mol. The lowest BCUT2D eigenvalue weighted by molar-refractivity contribution is -0.138. The minimum Gasteiger partial charge on any atom is -0.341 e. The van der Waals surface area contributed by atoms with Gasteiger partial charge in [-0.1, -0.05) is 0 Å². The van der Waals surface area contributed by atoms with Gasteiger partial charge in [-0.25, -0.2) is 0 Å². The predicted molar refractivity (Wildman–Crippen MR) is 120 cm³/mol. The highest BCUT2D eigenvalue weighted by Gasteiger charge is 2.32. The lowest BCUT2D eigenvalue weighted by Crippen LogP contribution is -2.11. The molecule has 0 aliphatic heterocycles. The summed E-state index contributed by atoms with van der Waals surface area (Å²) >= 11 is 0. The first-order chi connectivity index (χ1) is 15.8. The van der Waals surface area contributed by atoms with Crippen LogP contribution in [0, 0.1) is 0 Å². The summed E-state index contributed by atoms with van der Waals surface area (Å²) in [4.78, 5) is 0. The Hall–Kier alpha value is -3.56. The quantitative estimate of drug-likeness (QED) is 0.172. The van der Waals surface area contributed by atoms with Crippen LogP contribution in [0.1, 0.15) is 11.1 Å². The van der Waals surface area contributed by atoms with Gasteiger partial charge in [0.25, 0.3) is 0 Å². The van der Waals surface area contributed by atoms with Gasteiger partial charge in [0.05, 0.1) is 55.3 Å². The van der Waals surface area contributed by atoms with Gasteiger partial charge in [0.2, 0.25) is 0 Å². The molecule has 0 fully saturated rings. The Labute approximate surface area is 189 Å². The first-order valence-corrected chi connectivity index (χ1v) is 10.3. The van der Waals surface area contributed by atoms with Gasteiger partial charge in [0.15, 0.2) is 0 Å². The predicted octanol–water partition coefficient (Wildman–Crippen LogP) is 6.82. The van der Waals surface area contributed by atoms with E-state index in [-0.39, 0.29) is 0 Å². The summed E-state index contributed by atoms with van der Waals surface area (Å²) in [7, 11) is 6.92. The second-order valence-corrected chi connectivity index (χ2v) is 8.47. The van der Waals surface area contributed by atoms with Crippen molar-refractivity contribution in [3.63, 3.8) is 0 Å². The number of hydrogen-bond donors (Lipinski definition) is 0. The SMILES string of the molecule is Cn1c2ccc(C(F)(F)F)cc2n(C)c2cc3c(cc21)n(C)c1cc(C(F)(F)F)ccc1n3C. The largest absolute Gasteiger partial charge is 0.416 e. The van der Waals surface area contributed by atoms with Crippen LogP contribution < -0.4 is 0 Å². The second kappa shape index (κ2) is 6.97. The van der Waals surface area contributed by atoms with Crippen molar-refractivity contribution in [1.29, 1.82) is 0 Å². The van der Waals surface area contributed by atoms with Crippen LogP contribution in [0.3, 0.4) is 0 Å². The highest BCUT2D eigenvalue weighted by atomic mass is 19.4. The maximum absolute atomic E-state index is 13.3. The van der Waals surface area contributed by atoms with E-state index in [0.717, 1.165) is 35.3 Å². The number of aromatic nitrogens is 4. The molecule has 178 valence electrons. The van der Waals surface area contributed by atoms with E-state index in [1.165, 1.54) is 12.1 Å². The third-order valence-corrected chi connectivity index (χ3v) is 6.57. The topological polar surface area (TPSA) is 19.7 Å². The van der Waals surface area contributed by atoms with Crippen molar-refractivity contribution in [3.8, 4) is 0 Å². The first kappa shape index (κ1) is 22.2. The number of benzene rings is 3. The molecule has 5 rings (SSSR count). The molecule has 0 aliphatic carbocycles. The van der Waals surface area contributed by atoms with Gasteiger partial charge in [-0.2, -0.15) is 26.3 Å². The van der Waals surface area contributed by atoms with Crippen LogP contribution in [0.2, 0.25) is 0 Å². The number of halogens is 6. The van der Waals surface area contributed by atoms with Crippen molar-refractivity contribution in [1.82, 2.24) is 18.3 Å². The molecule has 0 saturated heterocycles. The fraction of sp³-hybridized carbons (Fsp3) is 0.250. The van der Waals surface area contributed by atoms with Gasteiger partial charge in [0, 0.05) is 28.2 Å². The first-order valence-electron chi connectivity index (χ1n) is 10.3. The van der Waals surface area contributed by atoms with Gasteiger partial charge in [-0.3, -0.25) is 0 Å². The number of rotatable bonds is 0. The molecule has 3 aromatic carbocycles. The maximum atomic E-state index is 13.3. The van der Waals surface area contributed by atoms with Crippen LogP contribution in [0.4, 0.5) is 26.3 Å². The molecule has 0 aliphatic rings. The van der Waals surface area contributed by atoms with Crippen molar-refractivity contribution in [2.45, 2.75) is 12.4 Å². The van der Waals surface area contributed by atoms with E-state index >= 15 is 0 Å². The summed E-state index contributed by atoms with van der Waals surface area (Å²) in [6, 6.07) is 10.9. The molecule has 10 heteroatoms. The molecule has 0 amide bonds. The molecule has 0 unspecified atom stereocenters. The average Bonchev–Trinajstić information content (AvgIpc) is 2.78. The molecular formula is C24H20F6N4. The van der Waals surface area contributed by atoms with Gasteiger partial charge in [-0.05, 0) is 48.5 Å². The highest BCUT2D eigenvalue weighted by Crippen LogP contribution is 2.35. The smallest absolute Gasteiger partial charge is 0.341 e. The molecule has 34 heavy (non-hydrogen) atoms. The van der Waals surface area contributed by atoms with E-state index in [9.17, 15) is 26.3 Å². The fourth-order valence-electron chi connectivity index (χ4n) is 4.65. The van der Waals surface area contributed by atoms with Crippen LogP contribution >= 0.6 is 0 Å². The van der Waals surface area contributed by atoms with Crippen LogP contribution in [0.15, 0.2) is 48.5 Å². The molecule has 4 nitrogen and oxygen atoms in total. The molecule has 0 bridgehead atoms.